The number of carbonyl (C=O) groups is 1. The molecule has 21 heavy (non-hydrogen) atoms. The van der Waals surface area contributed by atoms with Gasteiger partial charge in [-0.25, -0.2) is 13.2 Å². The van der Waals surface area contributed by atoms with Gasteiger partial charge in [0.05, 0.1) is 16.2 Å². The Bertz CT molecular complexity index is 667. The van der Waals surface area contributed by atoms with E-state index in [0.717, 1.165) is 16.4 Å². The van der Waals surface area contributed by atoms with Gasteiger partial charge in [0.2, 0.25) is 10.0 Å². The van der Waals surface area contributed by atoms with Crippen molar-refractivity contribution in [1.29, 1.82) is 0 Å². The molecule has 1 aromatic carbocycles. The molecule has 0 unspecified atom stereocenters. The molecule has 0 aliphatic heterocycles. The van der Waals surface area contributed by atoms with Gasteiger partial charge >= 0.3 is 5.97 Å². The van der Waals surface area contributed by atoms with Gasteiger partial charge < -0.3 is 10.2 Å². The van der Waals surface area contributed by atoms with E-state index in [1.807, 2.05) is 0 Å². The molecule has 0 aliphatic rings. The third kappa shape index (κ3) is 4.31. The molecule has 2 N–H and O–H groups in total. The van der Waals surface area contributed by atoms with Gasteiger partial charge in [-0.3, -0.25) is 0 Å². The summed E-state index contributed by atoms with van der Waals surface area (Å²) in [6.45, 7) is 2.70. The molecule has 118 valence electrons. The van der Waals surface area contributed by atoms with Crippen LogP contribution in [0.15, 0.2) is 17.0 Å². The Kier molecular flexibility index (Phi) is 5.28. The second-order valence-electron chi connectivity index (χ2n) is 5.14. The molecule has 0 fully saturated rings. The predicted octanol–water partition coefficient (Wildman–Crippen LogP) is 2.08. The van der Waals surface area contributed by atoms with Crippen molar-refractivity contribution in [2.45, 2.75) is 24.3 Å². The van der Waals surface area contributed by atoms with E-state index in [2.05, 4.69) is 0 Å². The first-order valence-electron chi connectivity index (χ1n) is 5.77. The third-order valence-corrected chi connectivity index (χ3v) is 5.10. The van der Waals surface area contributed by atoms with E-state index in [-0.39, 0.29) is 11.6 Å². The number of nitrogens with zero attached hydrogens (tertiary/aromatic N) is 1. The summed E-state index contributed by atoms with van der Waals surface area (Å²) in [5.74, 6) is -1.39. The van der Waals surface area contributed by atoms with Crippen LogP contribution in [-0.2, 0) is 10.0 Å². The number of aromatic carboxylic acids is 1. The highest BCUT2D eigenvalue weighted by atomic mass is 35.5. The molecule has 0 aromatic heterocycles. The molecule has 0 amide bonds. The Morgan fingerprint density at radius 1 is 1.33 bits per heavy atom. The summed E-state index contributed by atoms with van der Waals surface area (Å²) in [6.07, 6.45) is 0. The molecule has 0 spiro atoms. The van der Waals surface area contributed by atoms with Crippen LogP contribution in [0.1, 0.15) is 24.2 Å². The number of rotatable bonds is 5. The zero-order valence-electron chi connectivity index (χ0n) is 11.6. The Morgan fingerprint density at radius 2 is 1.86 bits per heavy atom. The molecule has 0 radical (unpaired) electrons. The SMILES string of the molecule is CN(CC(C)(C)O)S(=O)(=O)c1cc(Cl)cc(C(=O)O)c1Cl. The molecule has 1 rings (SSSR count). The van der Waals surface area contributed by atoms with Crippen molar-refractivity contribution in [3.05, 3.63) is 27.7 Å². The Hall–Kier alpha value is -0.860. The van der Waals surface area contributed by atoms with Gasteiger partial charge in [0.1, 0.15) is 4.90 Å². The smallest absolute Gasteiger partial charge is 0.337 e. The molecule has 0 aliphatic carbocycles. The average Bonchev–Trinajstić information content (AvgIpc) is 2.28. The van der Waals surface area contributed by atoms with Crippen molar-refractivity contribution in [2.24, 2.45) is 0 Å². The molecule has 0 saturated carbocycles. The second kappa shape index (κ2) is 6.10. The maximum absolute atomic E-state index is 12.4. The number of sulfonamides is 1. The van der Waals surface area contributed by atoms with Crippen LogP contribution < -0.4 is 0 Å². The van der Waals surface area contributed by atoms with Crippen molar-refractivity contribution in [1.82, 2.24) is 4.31 Å². The van der Waals surface area contributed by atoms with Crippen molar-refractivity contribution in [3.63, 3.8) is 0 Å². The van der Waals surface area contributed by atoms with Crippen LogP contribution in [0.5, 0.6) is 0 Å². The fourth-order valence-corrected chi connectivity index (χ4v) is 3.90. The monoisotopic (exact) mass is 355 g/mol. The lowest BCUT2D eigenvalue weighted by Crippen LogP contribution is -2.39. The normalized spacial score (nSPS) is 12.7. The second-order valence-corrected chi connectivity index (χ2v) is 7.97. The van der Waals surface area contributed by atoms with Crippen molar-refractivity contribution >= 4 is 39.2 Å². The maximum atomic E-state index is 12.4. The van der Waals surface area contributed by atoms with E-state index in [1.54, 1.807) is 0 Å². The largest absolute Gasteiger partial charge is 0.478 e. The standard InChI is InChI=1S/C12H15Cl2NO5S/c1-12(2,18)6-15(3)21(19,20)9-5-7(13)4-8(10(9)14)11(16)17/h4-5,18H,6H2,1-3H3,(H,16,17). The fraction of sp³-hybridized carbons (Fsp3) is 0.417. The molecular formula is C12H15Cl2NO5S. The summed E-state index contributed by atoms with van der Waals surface area (Å²) in [7, 11) is -2.83. The van der Waals surface area contributed by atoms with Crippen LogP contribution in [0.4, 0.5) is 0 Å². The number of carboxylic acids is 1. The van der Waals surface area contributed by atoms with Gasteiger partial charge in [-0.1, -0.05) is 23.2 Å². The highest BCUT2D eigenvalue weighted by Crippen LogP contribution is 2.31. The molecule has 1 aromatic rings. The Labute approximate surface area is 132 Å². The van der Waals surface area contributed by atoms with Gasteiger partial charge in [0, 0.05) is 18.6 Å². The molecule has 0 bridgehead atoms. The Balaban J connectivity index is 3.42. The minimum absolute atomic E-state index is 0.0629. The number of likely N-dealkylation sites (N-methyl/N-ethyl adjacent to an activating group) is 1. The zero-order valence-corrected chi connectivity index (χ0v) is 13.9. The van der Waals surface area contributed by atoms with E-state index in [1.165, 1.54) is 20.9 Å². The molecule has 9 heteroatoms. The number of benzene rings is 1. The van der Waals surface area contributed by atoms with E-state index < -0.39 is 37.1 Å². The molecule has 0 saturated heterocycles. The zero-order chi connectivity index (χ0) is 16.6. The fourth-order valence-electron chi connectivity index (χ4n) is 1.71. The first-order chi connectivity index (χ1) is 9.36. The van der Waals surface area contributed by atoms with Gasteiger partial charge in [-0.2, -0.15) is 4.31 Å². The molecular weight excluding hydrogens is 341 g/mol. The lowest BCUT2D eigenvalue weighted by molar-refractivity contribution is 0.0638. The van der Waals surface area contributed by atoms with Crippen LogP contribution in [0.2, 0.25) is 10.0 Å². The summed E-state index contributed by atoms with van der Waals surface area (Å²) >= 11 is 11.6. The van der Waals surface area contributed by atoms with Crippen molar-refractivity contribution in [3.8, 4) is 0 Å². The summed E-state index contributed by atoms with van der Waals surface area (Å²) in [5, 5.41) is 18.2. The van der Waals surface area contributed by atoms with Crippen molar-refractivity contribution in [2.75, 3.05) is 13.6 Å². The minimum atomic E-state index is -4.09. The van der Waals surface area contributed by atoms with E-state index in [9.17, 15) is 18.3 Å². The summed E-state index contributed by atoms with van der Waals surface area (Å²) in [5.41, 5.74) is -1.66. The molecule has 0 heterocycles. The Morgan fingerprint density at radius 3 is 2.29 bits per heavy atom. The van der Waals surface area contributed by atoms with E-state index in [0.29, 0.717) is 0 Å². The molecule has 6 nitrogen and oxygen atoms in total. The maximum Gasteiger partial charge on any atom is 0.337 e. The number of aliphatic hydroxyl groups is 1. The summed E-state index contributed by atoms with van der Waals surface area (Å²) in [6, 6.07) is 2.15. The first kappa shape index (κ1) is 18.2. The molecule has 0 atom stereocenters. The third-order valence-electron chi connectivity index (χ3n) is 2.53. The van der Waals surface area contributed by atoms with Gasteiger partial charge in [-0.05, 0) is 26.0 Å². The highest BCUT2D eigenvalue weighted by molar-refractivity contribution is 7.89. The van der Waals surface area contributed by atoms with Gasteiger partial charge in [0.15, 0.2) is 0 Å². The van der Waals surface area contributed by atoms with Gasteiger partial charge in [0.25, 0.3) is 0 Å². The first-order valence-corrected chi connectivity index (χ1v) is 7.97. The average molecular weight is 356 g/mol. The van der Waals surface area contributed by atoms with E-state index in [4.69, 9.17) is 28.3 Å². The van der Waals surface area contributed by atoms with Crippen LogP contribution in [0.25, 0.3) is 0 Å². The number of hydrogen-bond donors (Lipinski definition) is 2. The van der Waals surface area contributed by atoms with Crippen molar-refractivity contribution < 1.29 is 23.4 Å². The highest BCUT2D eigenvalue weighted by Gasteiger charge is 2.30. The van der Waals surface area contributed by atoms with Crippen LogP contribution in [0.3, 0.4) is 0 Å². The van der Waals surface area contributed by atoms with Crippen LogP contribution in [-0.4, -0.2) is 48.1 Å². The van der Waals surface area contributed by atoms with Gasteiger partial charge in [-0.15, -0.1) is 0 Å². The predicted molar refractivity (Wildman–Crippen MR) is 79.5 cm³/mol. The van der Waals surface area contributed by atoms with Crippen LogP contribution in [0, 0.1) is 0 Å². The number of hydrogen-bond acceptors (Lipinski definition) is 4. The van der Waals surface area contributed by atoms with Crippen LogP contribution >= 0.6 is 23.2 Å². The number of carboxylic acid groups (broad SMARTS) is 1. The topological polar surface area (TPSA) is 94.9 Å². The summed E-state index contributed by atoms with van der Waals surface area (Å²) in [4.78, 5) is 10.6. The van der Waals surface area contributed by atoms with E-state index >= 15 is 0 Å². The summed E-state index contributed by atoms with van der Waals surface area (Å²) < 4.78 is 25.8. The lowest BCUT2D eigenvalue weighted by atomic mass is 10.1. The lowest BCUT2D eigenvalue weighted by Gasteiger charge is -2.25. The number of halogens is 2. The quantitative estimate of drug-likeness (QED) is 0.842. The minimum Gasteiger partial charge on any atom is -0.478 e.